The second-order valence-corrected chi connectivity index (χ2v) is 6.64. The van der Waals surface area contributed by atoms with Crippen molar-refractivity contribution < 1.29 is 13.9 Å². The Balaban J connectivity index is 1.36. The fourth-order valence-electron chi connectivity index (χ4n) is 3.28. The van der Waals surface area contributed by atoms with E-state index in [4.69, 9.17) is 9.15 Å². The highest BCUT2D eigenvalue weighted by molar-refractivity contribution is 5.86. The lowest BCUT2D eigenvalue weighted by atomic mass is 10.2. The van der Waals surface area contributed by atoms with Gasteiger partial charge in [-0.25, -0.2) is 4.79 Å². The van der Waals surface area contributed by atoms with E-state index >= 15 is 0 Å². The number of fused-ring (bicyclic) bond motifs is 1. The third kappa shape index (κ3) is 3.67. The highest BCUT2D eigenvalue weighted by Gasteiger charge is 2.23. The van der Waals surface area contributed by atoms with Gasteiger partial charge in [-0.05, 0) is 31.2 Å². The third-order valence-corrected chi connectivity index (χ3v) is 4.78. The van der Waals surface area contributed by atoms with E-state index in [2.05, 4.69) is 9.88 Å². The fraction of sp³-hybridized carbons (Fsp3) is 0.300. The van der Waals surface area contributed by atoms with Crippen LogP contribution in [0.1, 0.15) is 5.56 Å². The fourth-order valence-corrected chi connectivity index (χ4v) is 3.28. The zero-order valence-electron chi connectivity index (χ0n) is 15.1. The van der Waals surface area contributed by atoms with Gasteiger partial charge in [-0.2, -0.15) is 0 Å². The summed E-state index contributed by atoms with van der Waals surface area (Å²) in [5.41, 5.74) is 3.26. The van der Waals surface area contributed by atoms with Crippen LogP contribution in [0.2, 0.25) is 0 Å². The van der Waals surface area contributed by atoms with Gasteiger partial charge >= 0.3 is 5.76 Å². The lowest BCUT2D eigenvalue weighted by Crippen LogP contribution is -2.50. The molecule has 0 bridgehead atoms. The van der Waals surface area contributed by atoms with E-state index in [0.717, 1.165) is 11.3 Å². The maximum absolute atomic E-state index is 12.4. The number of hydrogen-bond donors (Lipinski definition) is 1. The van der Waals surface area contributed by atoms with E-state index in [9.17, 15) is 9.59 Å². The van der Waals surface area contributed by atoms with Gasteiger partial charge in [-0.15, -0.1) is 0 Å². The summed E-state index contributed by atoms with van der Waals surface area (Å²) < 4.78 is 10.9. The Morgan fingerprint density at radius 3 is 2.59 bits per heavy atom. The number of oxazole rings is 1. The number of piperazine rings is 1. The van der Waals surface area contributed by atoms with Crippen LogP contribution in [0.4, 0.5) is 5.69 Å². The third-order valence-electron chi connectivity index (χ3n) is 4.78. The van der Waals surface area contributed by atoms with E-state index in [1.165, 1.54) is 0 Å². The van der Waals surface area contributed by atoms with Gasteiger partial charge in [0.1, 0.15) is 5.75 Å². The molecule has 1 aliphatic rings. The Morgan fingerprint density at radius 1 is 1.11 bits per heavy atom. The maximum Gasteiger partial charge on any atom is 0.417 e. The van der Waals surface area contributed by atoms with Crippen LogP contribution >= 0.6 is 0 Å². The van der Waals surface area contributed by atoms with Gasteiger partial charge in [-0.3, -0.25) is 9.78 Å². The van der Waals surface area contributed by atoms with Crippen molar-refractivity contribution in [1.29, 1.82) is 0 Å². The van der Waals surface area contributed by atoms with Crippen molar-refractivity contribution in [2.24, 2.45) is 0 Å². The topological polar surface area (TPSA) is 78.8 Å². The minimum atomic E-state index is -0.459. The van der Waals surface area contributed by atoms with Crippen LogP contribution in [-0.4, -0.2) is 48.6 Å². The molecule has 0 unspecified atom stereocenters. The second-order valence-electron chi connectivity index (χ2n) is 6.64. The second kappa shape index (κ2) is 7.19. The number of para-hydroxylation sites is 1. The van der Waals surface area contributed by atoms with Crippen molar-refractivity contribution in [2.45, 2.75) is 6.92 Å². The average Bonchev–Trinajstić information content (AvgIpc) is 3.07. The number of anilines is 1. The monoisotopic (exact) mass is 367 g/mol. The lowest BCUT2D eigenvalue weighted by Gasteiger charge is -2.35. The van der Waals surface area contributed by atoms with Gasteiger partial charge in [-0.1, -0.05) is 23.8 Å². The lowest BCUT2D eigenvalue weighted by molar-refractivity contribution is -0.133. The largest absolute Gasteiger partial charge is 0.484 e. The number of hydrogen-bond acceptors (Lipinski definition) is 5. The predicted molar refractivity (Wildman–Crippen MR) is 102 cm³/mol. The van der Waals surface area contributed by atoms with Crippen molar-refractivity contribution in [3.63, 3.8) is 0 Å². The first kappa shape index (κ1) is 17.2. The summed E-state index contributed by atoms with van der Waals surface area (Å²) in [5.74, 6) is 0.211. The van der Waals surface area contributed by atoms with Crippen LogP contribution < -0.4 is 15.4 Å². The first-order valence-corrected chi connectivity index (χ1v) is 8.94. The van der Waals surface area contributed by atoms with Crippen LogP contribution in [0.3, 0.4) is 0 Å². The number of aryl methyl sites for hydroxylation is 1. The highest BCUT2D eigenvalue weighted by Crippen LogP contribution is 2.25. The molecule has 1 aromatic heterocycles. The minimum Gasteiger partial charge on any atom is -0.484 e. The number of aromatic nitrogens is 1. The molecular formula is C20H21N3O4. The van der Waals surface area contributed by atoms with Crippen LogP contribution in [0.15, 0.2) is 51.7 Å². The van der Waals surface area contributed by atoms with Gasteiger partial charge in [0.05, 0.1) is 11.2 Å². The number of ether oxygens (including phenoxy) is 1. The molecule has 1 aliphatic heterocycles. The van der Waals surface area contributed by atoms with Gasteiger partial charge in [0.25, 0.3) is 5.91 Å². The number of amides is 1. The molecule has 0 spiro atoms. The smallest absolute Gasteiger partial charge is 0.417 e. The predicted octanol–water partition coefficient (Wildman–Crippen LogP) is 2.16. The number of benzene rings is 2. The summed E-state index contributed by atoms with van der Waals surface area (Å²) >= 11 is 0. The molecule has 7 heteroatoms. The molecule has 3 aromatic rings. The van der Waals surface area contributed by atoms with Gasteiger partial charge < -0.3 is 19.0 Å². The summed E-state index contributed by atoms with van der Waals surface area (Å²) in [6.45, 7) is 4.58. The van der Waals surface area contributed by atoms with Crippen molar-refractivity contribution in [3.8, 4) is 5.75 Å². The quantitative estimate of drug-likeness (QED) is 0.764. The SMILES string of the molecule is Cc1ccc(OCC(=O)N2CCN(c3cccc4[nH]c(=O)oc34)CC2)cc1. The zero-order valence-corrected chi connectivity index (χ0v) is 15.1. The molecule has 4 rings (SSSR count). The Labute approximate surface area is 156 Å². The van der Waals surface area contributed by atoms with Gasteiger partial charge in [0.15, 0.2) is 12.2 Å². The van der Waals surface area contributed by atoms with Crippen LogP contribution in [0.5, 0.6) is 5.75 Å². The Morgan fingerprint density at radius 2 is 1.85 bits per heavy atom. The Bertz CT molecular complexity index is 998. The number of rotatable bonds is 4. The standard InChI is InChI=1S/C20H21N3O4/c1-14-5-7-15(8-6-14)26-13-18(24)23-11-9-22(10-12-23)17-4-2-3-16-19(17)27-20(25)21-16/h2-8H,9-13H2,1H3,(H,21,25). The van der Waals surface area contributed by atoms with Crippen LogP contribution in [-0.2, 0) is 4.79 Å². The molecule has 0 radical (unpaired) electrons. The first-order chi connectivity index (χ1) is 13.1. The summed E-state index contributed by atoms with van der Waals surface area (Å²) in [5, 5.41) is 0. The van der Waals surface area contributed by atoms with Gasteiger partial charge in [0.2, 0.25) is 0 Å². The molecular weight excluding hydrogens is 346 g/mol. The number of nitrogens with one attached hydrogen (secondary N) is 1. The number of aromatic amines is 1. The Hall–Kier alpha value is -3.22. The molecule has 2 heterocycles. The Kier molecular flexibility index (Phi) is 4.58. The highest BCUT2D eigenvalue weighted by atomic mass is 16.5. The molecule has 1 fully saturated rings. The maximum atomic E-state index is 12.4. The molecule has 7 nitrogen and oxygen atoms in total. The number of H-pyrrole nitrogens is 1. The van der Waals surface area contributed by atoms with E-state index in [1.54, 1.807) is 4.90 Å². The molecule has 0 atom stereocenters. The molecule has 0 saturated carbocycles. The normalized spacial score (nSPS) is 14.6. The van der Waals surface area contributed by atoms with Crippen LogP contribution in [0, 0.1) is 6.92 Å². The number of carbonyl (C=O) groups is 1. The van der Waals surface area contributed by atoms with Crippen molar-refractivity contribution in [3.05, 3.63) is 58.6 Å². The van der Waals surface area contributed by atoms with Gasteiger partial charge in [0, 0.05) is 26.2 Å². The minimum absolute atomic E-state index is 0.0263. The van der Waals surface area contributed by atoms with Crippen molar-refractivity contribution in [2.75, 3.05) is 37.7 Å². The van der Waals surface area contributed by atoms with Crippen molar-refractivity contribution >= 4 is 22.7 Å². The van der Waals surface area contributed by atoms with E-state index in [1.807, 2.05) is 49.4 Å². The summed E-state index contributed by atoms with van der Waals surface area (Å²) in [4.78, 5) is 30.5. The first-order valence-electron chi connectivity index (χ1n) is 8.94. The molecule has 27 heavy (non-hydrogen) atoms. The van der Waals surface area contributed by atoms with E-state index in [0.29, 0.717) is 43.0 Å². The summed E-state index contributed by atoms with van der Waals surface area (Å²) in [6, 6.07) is 13.3. The molecule has 1 saturated heterocycles. The zero-order chi connectivity index (χ0) is 18.8. The number of carbonyl (C=O) groups excluding carboxylic acids is 1. The summed E-state index contributed by atoms with van der Waals surface area (Å²) in [6.07, 6.45) is 0. The van der Waals surface area contributed by atoms with Crippen LogP contribution in [0.25, 0.3) is 11.1 Å². The molecule has 1 amide bonds. The molecule has 2 aromatic carbocycles. The molecule has 0 aliphatic carbocycles. The van der Waals surface area contributed by atoms with E-state index < -0.39 is 5.76 Å². The van der Waals surface area contributed by atoms with E-state index in [-0.39, 0.29) is 12.5 Å². The van der Waals surface area contributed by atoms with Crippen molar-refractivity contribution in [1.82, 2.24) is 9.88 Å². The molecule has 1 N–H and O–H groups in total. The molecule has 140 valence electrons. The summed E-state index contributed by atoms with van der Waals surface area (Å²) in [7, 11) is 0. The average molecular weight is 367 g/mol. The number of nitrogens with zero attached hydrogens (tertiary/aromatic N) is 2.